The molecule has 6 heteroatoms. The molecule has 0 aromatic heterocycles. The average Bonchev–Trinajstić information content (AvgIpc) is 2.70. The van der Waals surface area contributed by atoms with Gasteiger partial charge >= 0.3 is 0 Å². The second-order valence-corrected chi connectivity index (χ2v) is 11.3. The zero-order valence-corrected chi connectivity index (χ0v) is 17.7. The number of hydrogen-bond acceptors (Lipinski definition) is 4. The van der Waals surface area contributed by atoms with Crippen LogP contribution in [0.2, 0.25) is 0 Å². The summed E-state index contributed by atoms with van der Waals surface area (Å²) in [5.41, 5.74) is 0. The predicted molar refractivity (Wildman–Crippen MR) is 118 cm³/mol. The van der Waals surface area contributed by atoms with Gasteiger partial charge in [0.15, 0.2) is 0 Å². The minimum absolute atomic E-state index is 0.277. The van der Waals surface area contributed by atoms with E-state index >= 15 is 0 Å². The van der Waals surface area contributed by atoms with Crippen LogP contribution in [0.5, 0.6) is 0 Å². The van der Waals surface area contributed by atoms with Crippen LogP contribution in [0, 0.1) is 0 Å². The Bertz CT molecular complexity index is 949. The molecule has 0 spiro atoms. The van der Waals surface area contributed by atoms with Crippen LogP contribution in [-0.4, -0.2) is 27.3 Å². The molecule has 0 radical (unpaired) electrons. The summed E-state index contributed by atoms with van der Waals surface area (Å²) in [5, 5.41) is 3.37. The monoisotopic (exact) mass is 413 g/mol. The SMILES string of the molecule is CC(CN=P(c1ccccc1)(c1ccccc1)c1ccccc1)OS(C)(=O)=O. The van der Waals surface area contributed by atoms with Crippen molar-refractivity contribution in [3.05, 3.63) is 91.0 Å². The number of hydrogen-bond donors (Lipinski definition) is 0. The number of nitrogens with zero attached hydrogens (tertiary/aromatic N) is 1. The minimum atomic E-state index is -3.53. The van der Waals surface area contributed by atoms with Gasteiger partial charge in [-0.15, -0.1) is 0 Å². The van der Waals surface area contributed by atoms with Gasteiger partial charge in [0.25, 0.3) is 10.1 Å². The lowest BCUT2D eigenvalue weighted by atomic mass is 10.4. The van der Waals surface area contributed by atoms with Crippen LogP contribution >= 0.6 is 7.05 Å². The highest BCUT2D eigenvalue weighted by Gasteiger charge is 2.27. The van der Waals surface area contributed by atoms with E-state index in [1.54, 1.807) is 6.92 Å². The van der Waals surface area contributed by atoms with Crippen LogP contribution in [0.4, 0.5) is 0 Å². The van der Waals surface area contributed by atoms with E-state index in [9.17, 15) is 8.42 Å². The van der Waals surface area contributed by atoms with E-state index in [1.807, 2.05) is 54.6 Å². The van der Waals surface area contributed by atoms with Gasteiger partial charge in [0.05, 0.1) is 26.0 Å². The van der Waals surface area contributed by atoms with Crippen molar-refractivity contribution in [2.45, 2.75) is 13.0 Å². The van der Waals surface area contributed by atoms with Gasteiger partial charge in [-0.2, -0.15) is 8.42 Å². The lowest BCUT2D eigenvalue weighted by molar-refractivity contribution is 0.240. The van der Waals surface area contributed by atoms with Crippen molar-refractivity contribution in [1.29, 1.82) is 0 Å². The Morgan fingerprint density at radius 3 is 1.46 bits per heavy atom. The molecule has 1 unspecified atom stereocenters. The zero-order valence-electron chi connectivity index (χ0n) is 16.0. The van der Waals surface area contributed by atoms with Crippen molar-refractivity contribution in [1.82, 2.24) is 0 Å². The van der Waals surface area contributed by atoms with Gasteiger partial charge in [-0.1, -0.05) is 91.0 Å². The molecule has 0 fully saturated rings. The van der Waals surface area contributed by atoms with E-state index in [1.165, 1.54) is 0 Å². The van der Waals surface area contributed by atoms with Gasteiger partial charge in [0.1, 0.15) is 0 Å². The Morgan fingerprint density at radius 2 is 1.14 bits per heavy atom. The lowest BCUT2D eigenvalue weighted by Gasteiger charge is -2.27. The Morgan fingerprint density at radius 1 is 0.786 bits per heavy atom. The second kappa shape index (κ2) is 8.87. The highest BCUT2D eigenvalue weighted by Crippen LogP contribution is 2.46. The smallest absolute Gasteiger partial charge is 0.264 e. The summed E-state index contributed by atoms with van der Waals surface area (Å²) in [6, 6.07) is 30.6. The van der Waals surface area contributed by atoms with Crippen molar-refractivity contribution in [2.75, 3.05) is 12.8 Å². The molecule has 1 atom stereocenters. The van der Waals surface area contributed by atoms with Gasteiger partial charge in [0, 0.05) is 15.9 Å². The number of rotatable bonds is 7. The highest BCUT2D eigenvalue weighted by atomic mass is 32.2. The average molecular weight is 413 g/mol. The minimum Gasteiger partial charge on any atom is -0.287 e. The first kappa shape index (κ1) is 20.5. The van der Waals surface area contributed by atoms with Crippen LogP contribution in [0.3, 0.4) is 0 Å². The third-order valence-electron chi connectivity index (χ3n) is 4.28. The van der Waals surface area contributed by atoms with E-state index < -0.39 is 23.3 Å². The fourth-order valence-electron chi connectivity index (χ4n) is 3.19. The molecule has 3 rings (SSSR count). The first-order valence-electron chi connectivity index (χ1n) is 9.05. The zero-order chi connectivity index (χ0) is 20.0. The summed E-state index contributed by atoms with van der Waals surface area (Å²) >= 11 is 0. The van der Waals surface area contributed by atoms with Crippen molar-refractivity contribution in [3.8, 4) is 0 Å². The molecular weight excluding hydrogens is 389 g/mol. The maximum absolute atomic E-state index is 11.5. The molecule has 0 bridgehead atoms. The van der Waals surface area contributed by atoms with Gasteiger partial charge < -0.3 is 0 Å². The van der Waals surface area contributed by atoms with E-state index in [0.717, 1.165) is 22.2 Å². The quantitative estimate of drug-likeness (QED) is 0.440. The van der Waals surface area contributed by atoms with Crippen LogP contribution in [0.15, 0.2) is 95.7 Å². The number of benzene rings is 3. The maximum atomic E-state index is 11.5. The normalized spacial score (nSPS) is 13.1. The first-order valence-corrected chi connectivity index (χ1v) is 12.6. The summed E-state index contributed by atoms with van der Waals surface area (Å²) < 4.78 is 33.4. The Kier molecular flexibility index (Phi) is 6.50. The van der Waals surface area contributed by atoms with E-state index in [0.29, 0.717) is 0 Å². The molecule has 0 N–H and O–H groups in total. The molecule has 4 nitrogen and oxygen atoms in total. The fraction of sp³-hybridized carbons (Fsp3) is 0.182. The molecule has 0 saturated carbocycles. The molecule has 0 saturated heterocycles. The Hall–Kier alpha value is -2.20. The van der Waals surface area contributed by atoms with Crippen molar-refractivity contribution < 1.29 is 12.6 Å². The molecule has 0 aliphatic rings. The second-order valence-electron chi connectivity index (χ2n) is 6.58. The fourth-order valence-corrected chi connectivity index (χ4v) is 7.52. The molecule has 0 heterocycles. The topological polar surface area (TPSA) is 55.7 Å². The van der Waals surface area contributed by atoms with E-state index in [4.69, 9.17) is 8.93 Å². The van der Waals surface area contributed by atoms with E-state index in [-0.39, 0.29) is 6.54 Å². The molecule has 0 aliphatic carbocycles. The Balaban J connectivity index is 2.24. The lowest BCUT2D eigenvalue weighted by Crippen LogP contribution is -2.27. The standard InChI is InChI=1S/C22H24NO3PS/c1-19(26-28(2,24)25)18-23-27(20-12-6-3-7-13-20,21-14-8-4-9-15-21)22-16-10-5-11-17-22/h3-17,19H,18H2,1-2H3. The van der Waals surface area contributed by atoms with Crippen LogP contribution in [0.1, 0.15) is 6.92 Å². The Labute approximate surface area is 167 Å². The third-order valence-corrected chi connectivity index (χ3v) is 8.68. The summed E-state index contributed by atoms with van der Waals surface area (Å²) in [5.74, 6) is 0. The maximum Gasteiger partial charge on any atom is 0.264 e. The van der Waals surface area contributed by atoms with Crippen LogP contribution in [-0.2, 0) is 14.3 Å². The van der Waals surface area contributed by atoms with Gasteiger partial charge in [0.2, 0.25) is 0 Å². The summed E-state index contributed by atoms with van der Waals surface area (Å²) in [7, 11) is -5.86. The van der Waals surface area contributed by atoms with Crippen LogP contribution in [0.25, 0.3) is 0 Å². The van der Waals surface area contributed by atoms with Crippen molar-refractivity contribution in [2.24, 2.45) is 4.74 Å². The van der Waals surface area contributed by atoms with Crippen molar-refractivity contribution in [3.63, 3.8) is 0 Å². The van der Waals surface area contributed by atoms with Gasteiger partial charge in [-0.3, -0.25) is 8.93 Å². The van der Waals surface area contributed by atoms with Crippen molar-refractivity contribution >= 4 is 33.1 Å². The predicted octanol–water partition coefficient (Wildman–Crippen LogP) is 3.53. The summed E-state index contributed by atoms with van der Waals surface area (Å²) in [4.78, 5) is 0. The summed E-state index contributed by atoms with van der Waals surface area (Å²) in [6.45, 7) is 2.01. The van der Waals surface area contributed by atoms with E-state index in [2.05, 4.69) is 36.4 Å². The molecule has 0 aliphatic heterocycles. The first-order chi connectivity index (χ1) is 13.4. The van der Waals surface area contributed by atoms with Gasteiger partial charge in [-0.25, -0.2) is 0 Å². The molecule has 0 amide bonds. The van der Waals surface area contributed by atoms with Gasteiger partial charge in [-0.05, 0) is 6.92 Å². The molecular formula is C22H24NO3PS. The summed E-state index contributed by atoms with van der Waals surface area (Å²) in [6.07, 6.45) is 0.530. The molecule has 28 heavy (non-hydrogen) atoms. The highest BCUT2D eigenvalue weighted by molar-refractivity contribution is 7.87. The molecule has 3 aromatic carbocycles. The molecule has 146 valence electrons. The van der Waals surface area contributed by atoms with Crippen LogP contribution < -0.4 is 15.9 Å². The third kappa shape index (κ3) is 4.79. The largest absolute Gasteiger partial charge is 0.287 e. The molecule has 3 aromatic rings.